The molecular formula is C35H48Cl2Zr-4. The molecular weight excluding hydrogens is 583 g/mol. The van der Waals surface area contributed by atoms with Gasteiger partial charge in [-0.1, -0.05) is 90.5 Å². The van der Waals surface area contributed by atoms with E-state index in [-0.39, 0.29) is 51.0 Å². The van der Waals surface area contributed by atoms with E-state index in [0.29, 0.717) is 23.7 Å². The second-order valence-electron chi connectivity index (χ2n) is 10.9. The molecule has 4 aromatic rings. The van der Waals surface area contributed by atoms with Gasteiger partial charge >= 0.3 is 26.2 Å². The van der Waals surface area contributed by atoms with Crippen molar-refractivity contribution in [1.82, 2.24) is 0 Å². The molecule has 0 nitrogen and oxygen atoms in total. The first-order valence-corrected chi connectivity index (χ1v) is 13.6. The van der Waals surface area contributed by atoms with Gasteiger partial charge in [-0.15, -0.1) is 63.4 Å². The zero-order valence-electron chi connectivity index (χ0n) is 24.9. The van der Waals surface area contributed by atoms with Gasteiger partial charge < -0.3 is 38.7 Å². The largest absolute Gasteiger partial charge is 2.00 e. The summed E-state index contributed by atoms with van der Waals surface area (Å²) < 4.78 is 0. The summed E-state index contributed by atoms with van der Waals surface area (Å²) in [5.74, 6) is 2.43. The van der Waals surface area contributed by atoms with E-state index in [1.165, 1.54) is 50.2 Å². The van der Waals surface area contributed by atoms with E-state index in [1.54, 1.807) is 0 Å². The monoisotopic (exact) mass is 628 g/mol. The average Bonchev–Trinajstić information content (AvgIpc) is 3.48. The molecule has 4 rings (SSSR count). The Bertz CT molecular complexity index is 985. The van der Waals surface area contributed by atoms with E-state index >= 15 is 0 Å². The molecule has 0 radical (unpaired) electrons. The van der Waals surface area contributed by atoms with Crippen LogP contribution in [0.4, 0.5) is 0 Å². The maximum atomic E-state index is 3.64. The van der Waals surface area contributed by atoms with E-state index < -0.39 is 0 Å². The van der Waals surface area contributed by atoms with Crippen LogP contribution in [0.2, 0.25) is 0 Å². The fourth-order valence-corrected chi connectivity index (χ4v) is 4.76. The average molecular weight is 631 g/mol. The van der Waals surface area contributed by atoms with E-state index in [4.69, 9.17) is 0 Å². The molecule has 0 aliphatic heterocycles. The van der Waals surface area contributed by atoms with Crippen molar-refractivity contribution in [2.45, 2.75) is 98.3 Å². The maximum Gasteiger partial charge on any atom is 2.00 e. The minimum Gasteiger partial charge on any atom is -1.00 e. The quantitative estimate of drug-likeness (QED) is 0.249. The molecule has 4 aromatic carbocycles. The van der Waals surface area contributed by atoms with Crippen LogP contribution in [0.3, 0.4) is 0 Å². The number of benzene rings is 2. The summed E-state index contributed by atoms with van der Waals surface area (Å²) in [4.78, 5) is 0. The molecule has 0 amide bonds. The Morgan fingerprint density at radius 1 is 0.526 bits per heavy atom. The van der Waals surface area contributed by atoms with Crippen molar-refractivity contribution in [3.8, 4) is 0 Å². The molecule has 0 unspecified atom stereocenters. The summed E-state index contributed by atoms with van der Waals surface area (Å²) in [6.07, 6.45) is 3.23. The van der Waals surface area contributed by atoms with Crippen LogP contribution in [0.25, 0.3) is 21.5 Å². The second kappa shape index (κ2) is 19.2. The molecule has 3 heteroatoms. The summed E-state index contributed by atoms with van der Waals surface area (Å²) in [6, 6.07) is 22.5. The summed E-state index contributed by atoms with van der Waals surface area (Å²) in [6.45, 7) is 25.4. The third kappa shape index (κ3) is 10.3. The molecule has 0 atom stereocenters. The van der Waals surface area contributed by atoms with Gasteiger partial charge in [-0.05, 0) is 11.8 Å². The second-order valence-corrected chi connectivity index (χ2v) is 10.9. The van der Waals surface area contributed by atoms with Gasteiger partial charge in [0.25, 0.3) is 0 Å². The molecule has 38 heavy (non-hydrogen) atoms. The van der Waals surface area contributed by atoms with Crippen molar-refractivity contribution in [3.63, 3.8) is 0 Å². The number of hydrogen-bond donors (Lipinski definition) is 0. The fourth-order valence-electron chi connectivity index (χ4n) is 4.76. The number of unbranched alkanes of at least 4 members (excludes halogenated alkanes) is 2. The first-order chi connectivity index (χ1) is 16.6. The molecule has 0 heterocycles. The molecule has 210 valence electrons. The first-order valence-electron chi connectivity index (χ1n) is 13.6. The number of hydrogen-bond acceptors (Lipinski definition) is 0. The summed E-state index contributed by atoms with van der Waals surface area (Å²) in [5.41, 5.74) is 5.89. The molecule has 0 aliphatic rings. The minimum atomic E-state index is 0. The smallest absolute Gasteiger partial charge is 1.00 e. The normalized spacial score (nSPS) is 10.5. The SMILES string of the molecule is CC(C)c1ccc(C(C)C)c2[cH-]ccc12.CC(C)c1ccc(C(C)C)c2[cH-]ccc12.[CH2-]CCC[CH2-].[Cl-].[Cl-].[Zr+2]. The molecule has 0 N–H and O–H groups in total. The molecule has 0 spiro atoms. The first kappa shape index (κ1) is 39.3. The van der Waals surface area contributed by atoms with Crippen LogP contribution in [-0.2, 0) is 26.2 Å². The molecule has 0 bridgehead atoms. The van der Waals surface area contributed by atoms with Crippen LogP contribution < -0.4 is 24.8 Å². The maximum absolute atomic E-state index is 3.64. The van der Waals surface area contributed by atoms with Crippen molar-refractivity contribution in [2.24, 2.45) is 0 Å². The van der Waals surface area contributed by atoms with Gasteiger partial charge in [0.05, 0.1) is 0 Å². The summed E-state index contributed by atoms with van der Waals surface area (Å²) in [5, 5.41) is 5.76. The van der Waals surface area contributed by atoms with Crippen molar-refractivity contribution in [1.29, 1.82) is 0 Å². The molecule has 0 aliphatic carbocycles. The fraction of sp³-hybridized carbons (Fsp3) is 0.429. The predicted molar refractivity (Wildman–Crippen MR) is 160 cm³/mol. The van der Waals surface area contributed by atoms with Crippen LogP contribution in [0.15, 0.2) is 60.7 Å². The summed E-state index contributed by atoms with van der Waals surface area (Å²) >= 11 is 0. The minimum absolute atomic E-state index is 0. The van der Waals surface area contributed by atoms with Gasteiger partial charge in [0.1, 0.15) is 0 Å². The van der Waals surface area contributed by atoms with Crippen molar-refractivity contribution < 1.29 is 51.0 Å². The Labute approximate surface area is 266 Å². The van der Waals surface area contributed by atoms with Crippen molar-refractivity contribution >= 4 is 21.5 Å². The Morgan fingerprint density at radius 3 is 1.05 bits per heavy atom. The van der Waals surface area contributed by atoms with Crippen LogP contribution >= 0.6 is 0 Å². The topological polar surface area (TPSA) is 0 Å². The summed E-state index contributed by atoms with van der Waals surface area (Å²) in [7, 11) is 0. The van der Waals surface area contributed by atoms with E-state index in [0.717, 1.165) is 12.8 Å². The van der Waals surface area contributed by atoms with Gasteiger partial charge in [0.15, 0.2) is 0 Å². The Hall–Kier alpha value is -0.877. The Morgan fingerprint density at radius 2 is 0.816 bits per heavy atom. The Balaban J connectivity index is 0. The van der Waals surface area contributed by atoms with E-state index in [1.807, 2.05) is 0 Å². The number of fused-ring (bicyclic) bond motifs is 2. The molecule has 0 saturated carbocycles. The molecule has 0 fully saturated rings. The van der Waals surface area contributed by atoms with Crippen LogP contribution in [0, 0.1) is 13.8 Å². The van der Waals surface area contributed by atoms with Gasteiger partial charge in [-0.3, -0.25) is 0 Å². The zero-order chi connectivity index (χ0) is 26.1. The third-order valence-electron chi connectivity index (χ3n) is 6.75. The molecule has 0 aromatic heterocycles. The van der Waals surface area contributed by atoms with Crippen LogP contribution in [-0.4, -0.2) is 0 Å². The molecule has 0 saturated heterocycles. The van der Waals surface area contributed by atoms with Gasteiger partial charge in [-0.2, -0.15) is 37.1 Å². The van der Waals surface area contributed by atoms with Crippen LogP contribution in [0.5, 0.6) is 0 Å². The van der Waals surface area contributed by atoms with E-state index in [2.05, 4.69) is 130 Å². The predicted octanol–water partition coefficient (Wildman–Crippen LogP) is 5.44. The van der Waals surface area contributed by atoms with Gasteiger partial charge in [-0.25, -0.2) is 0 Å². The van der Waals surface area contributed by atoms with Gasteiger partial charge in [0.2, 0.25) is 0 Å². The van der Waals surface area contributed by atoms with Gasteiger partial charge in [0, 0.05) is 0 Å². The third-order valence-corrected chi connectivity index (χ3v) is 6.75. The number of rotatable bonds is 6. The Kier molecular flexibility index (Phi) is 19.9. The number of halogens is 2. The van der Waals surface area contributed by atoms with Crippen molar-refractivity contribution in [2.75, 3.05) is 0 Å². The van der Waals surface area contributed by atoms with E-state index in [9.17, 15) is 0 Å². The van der Waals surface area contributed by atoms with Crippen LogP contribution in [0.1, 0.15) is 121 Å². The zero-order valence-corrected chi connectivity index (χ0v) is 28.8. The standard InChI is InChI=1S/2C15H19.C5H10.2ClH.Zr/c2*1-10(2)12-8-9-13(11(3)4)15-7-5-6-14(12)15;1-3-5-4-2;;;/h2*5-11H,1-4H3;1-5H2;2*1H;/q2*-1;-2;;;+2/p-2. The van der Waals surface area contributed by atoms with Crippen molar-refractivity contribution in [3.05, 3.63) is 96.8 Å².